The Morgan fingerprint density at radius 2 is 1.72 bits per heavy atom. The highest BCUT2D eigenvalue weighted by atomic mass is 35.5. The highest BCUT2D eigenvalue weighted by Gasteiger charge is 2.28. The summed E-state index contributed by atoms with van der Waals surface area (Å²) in [4.78, 5) is 14.5. The Morgan fingerprint density at radius 1 is 1.03 bits per heavy atom. The zero-order valence-corrected chi connectivity index (χ0v) is 20.8. The van der Waals surface area contributed by atoms with Crippen molar-refractivity contribution in [2.45, 2.75) is 24.7 Å². The Labute approximate surface area is 202 Å². The zero-order chi connectivity index (χ0) is 23.6. The number of hydrogen-bond donors (Lipinski definition) is 1. The fourth-order valence-corrected chi connectivity index (χ4v) is 5.74. The molecule has 2 aromatic carbocycles. The molecule has 7 nitrogen and oxygen atoms in total. The van der Waals surface area contributed by atoms with Gasteiger partial charge in [0.25, 0.3) is 15.9 Å². The number of anilines is 1. The van der Waals surface area contributed by atoms with Gasteiger partial charge in [0.05, 0.1) is 40.5 Å². The molecular weight excluding hydrogens is 499 g/mol. The van der Waals surface area contributed by atoms with E-state index < -0.39 is 10.0 Å². The van der Waals surface area contributed by atoms with Gasteiger partial charge in [-0.15, -0.1) is 0 Å². The van der Waals surface area contributed by atoms with Gasteiger partial charge < -0.3 is 14.4 Å². The highest BCUT2D eigenvalue weighted by molar-refractivity contribution is 7.92. The van der Waals surface area contributed by atoms with E-state index in [1.807, 2.05) is 0 Å². The van der Waals surface area contributed by atoms with Gasteiger partial charge in [-0.2, -0.15) is 0 Å². The molecule has 0 unspecified atom stereocenters. The summed E-state index contributed by atoms with van der Waals surface area (Å²) in [6.45, 7) is 3.24. The van der Waals surface area contributed by atoms with Crippen LogP contribution in [-0.2, 0) is 10.0 Å². The molecule has 0 aromatic heterocycles. The van der Waals surface area contributed by atoms with Crippen LogP contribution in [0.15, 0.2) is 29.2 Å². The number of carbonyl (C=O) groups excluding carboxylic acids is 1. The van der Waals surface area contributed by atoms with Crippen molar-refractivity contribution in [1.29, 1.82) is 0 Å². The van der Waals surface area contributed by atoms with E-state index in [0.717, 1.165) is 12.8 Å². The van der Waals surface area contributed by atoms with E-state index in [9.17, 15) is 13.2 Å². The average Bonchev–Trinajstić information content (AvgIpc) is 2.73. The minimum Gasteiger partial charge on any atom is -0.495 e. The number of benzene rings is 2. The summed E-state index contributed by atoms with van der Waals surface area (Å²) < 4.78 is 39.1. The molecule has 1 aliphatic rings. The largest absolute Gasteiger partial charge is 0.495 e. The zero-order valence-electron chi connectivity index (χ0n) is 17.7. The third kappa shape index (κ3) is 5.20. The number of amides is 1. The van der Waals surface area contributed by atoms with Crippen LogP contribution in [0.2, 0.25) is 15.1 Å². The van der Waals surface area contributed by atoms with Crippen molar-refractivity contribution >= 4 is 56.4 Å². The molecule has 1 N–H and O–H groups in total. The first-order valence-electron chi connectivity index (χ1n) is 9.80. The minimum atomic E-state index is -4.22. The fourth-order valence-electron chi connectivity index (χ4n) is 3.58. The molecular formula is C21H23Cl3N2O5S. The van der Waals surface area contributed by atoms with Crippen LogP contribution in [0.1, 0.15) is 30.1 Å². The van der Waals surface area contributed by atoms with Gasteiger partial charge in [0.2, 0.25) is 0 Å². The van der Waals surface area contributed by atoms with E-state index in [4.69, 9.17) is 44.3 Å². The van der Waals surface area contributed by atoms with E-state index in [-0.39, 0.29) is 42.9 Å². The second-order valence-electron chi connectivity index (χ2n) is 7.55. The molecule has 0 saturated carbocycles. The second kappa shape index (κ2) is 9.95. The summed E-state index contributed by atoms with van der Waals surface area (Å²) >= 11 is 18.6. The molecule has 0 radical (unpaired) electrons. The van der Waals surface area contributed by atoms with Crippen LogP contribution < -0.4 is 14.2 Å². The number of likely N-dealkylation sites (tertiary alicyclic amines) is 1. The normalized spacial score (nSPS) is 16.6. The Kier molecular flexibility index (Phi) is 7.70. The quantitative estimate of drug-likeness (QED) is 0.555. The lowest BCUT2D eigenvalue weighted by Gasteiger charge is -2.31. The number of nitrogens with zero attached hydrogens (tertiary/aromatic N) is 1. The molecule has 1 aliphatic heterocycles. The lowest BCUT2D eigenvalue weighted by atomic mass is 9.99. The Bertz CT molecular complexity index is 1140. The molecule has 1 atom stereocenters. The molecule has 11 heteroatoms. The number of rotatable bonds is 6. The first-order valence-corrected chi connectivity index (χ1v) is 12.4. The number of ether oxygens (including phenoxy) is 2. The van der Waals surface area contributed by atoms with E-state index >= 15 is 0 Å². The molecule has 1 amide bonds. The number of nitrogens with one attached hydrogen (secondary N) is 1. The van der Waals surface area contributed by atoms with Crippen molar-refractivity contribution in [1.82, 2.24) is 4.90 Å². The lowest BCUT2D eigenvalue weighted by molar-refractivity contribution is 0.0683. The highest BCUT2D eigenvalue weighted by Crippen LogP contribution is 2.38. The van der Waals surface area contributed by atoms with Crippen molar-refractivity contribution < 1.29 is 22.7 Å². The summed E-state index contributed by atoms with van der Waals surface area (Å²) in [5.74, 6) is 0.536. The molecule has 0 spiro atoms. The molecule has 174 valence electrons. The van der Waals surface area contributed by atoms with Gasteiger partial charge in [0, 0.05) is 19.2 Å². The van der Waals surface area contributed by atoms with Crippen molar-refractivity contribution in [2.75, 3.05) is 32.0 Å². The molecule has 1 heterocycles. The minimum absolute atomic E-state index is 0.0743. The summed E-state index contributed by atoms with van der Waals surface area (Å²) in [7, 11) is -1.41. The van der Waals surface area contributed by atoms with Gasteiger partial charge in [-0.3, -0.25) is 9.52 Å². The Morgan fingerprint density at radius 3 is 2.34 bits per heavy atom. The van der Waals surface area contributed by atoms with Crippen molar-refractivity contribution in [3.63, 3.8) is 0 Å². The van der Waals surface area contributed by atoms with Crippen molar-refractivity contribution in [2.24, 2.45) is 5.92 Å². The third-order valence-electron chi connectivity index (χ3n) is 5.20. The lowest BCUT2D eigenvalue weighted by Crippen LogP contribution is -2.39. The number of methoxy groups -OCH3 is 2. The molecule has 0 bridgehead atoms. The van der Waals surface area contributed by atoms with E-state index in [1.54, 1.807) is 4.90 Å². The Balaban J connectivity index is 1.99. The van der Waals surface area contributed by atoms with Crippen molar-refractivity contribution in [3.05, 3.63) is 44.9 Å². The maximum absolute atomic E-state index is 13.2. The predicted octanol–water partition coefficient (Wildman–Crippen LogP) is 5.34. The van der Waals surface area contributed by atoms with Crippen LogP contribution in [0, 0.1) is 5.92 Å². The number of carbonyl (C=O) groups is 1. The van der Waals surface area contributed by atoms with Gasteiger partial charge in [-0.1, -0.05) is 41.7 Å². The van der Waals surface area contributed by atoms with Crippen LogP contribution in [0.5, 0.6) is 11.5 Å². The summed E-state index contributed by atoms with van der Waals surface area (Å²) in [6.07, 6.45) is 1.91. The van der Waals surface area contributed by atoms with E-state index in [1.165, 1.54) is 38.5 Å². The van der Waals surface area contributed by atoms with Crippen molar-refractivity contribution in [3.8, 4) is 11.5 Å². The molecule has 3 rings (SSSR count). The fraction of sp³-hybridized carbons (Fsp3) is 0.381. The monoisotopic (exact) mass is 520 g/mol. The van der Waals surface area contributed by atoms with Gasteiger partial charge in [0.1, 0.15) is 16.4 Å². The summed E-state index contributed by atoms with van der Waals surface area (Å²) in [6, 6.07) is 5.28. The molecule has 32 heavy (non-hydrogen) atoms. The average molecular weight is 522 g/mol. The third-order valence-corrected chi connectivity index (χ3v) is 7.64. The van der Waals surface area contributed by atoms with Crippen LogP contribution in [0.25, 0.3) is 0 Å². The number of halogens is 3. The first kappa shape index (κ1) is 24.8. The van der Waals surface area contributed by atoms with E-state index in [0.29, 0.717) is 24.8 Å². The summed E-state index contributed by atoms with van der Waals surface area (Å²) in [5.41, 5.74) is 0.160. The van der Waals surface area contributed by atoms with Gasteiger partial charge >= 0.3 is 0 Å². The van der Waals surface area contributed by atoms with E-state index in [2.05, 4.69) is 11.6 Å². The van der Waals surface area contributed by atoms with Crippen LogP contribution in [0.4, 0.5) is 5.69 Å². The van der Waals surface area contributed by atoms with Gasteiger partial charge in [0.15, 0.2) is 0 Å². The second-order valence-corrected chi connectivity index (χ2v) is 10.4. The van der Waals surface area contributed by atoms with Crippen LogP contribution >= 0.6 is 34.8 Å². The van der Waals surface area contributed by atoms with Gasteiger partial charge in [-0.25, -0.2) is 8.42 Å². The van der Waals surface area contributed by atoms with Crippen LogP contribution in [-0.4, -0.2) is 46.5 Å². The van der Waals surface area contributed by atoms with Crippen LogP contribution in [0.3, 0.4) is 0 Å². The Hall–Kier alpha value is -1.87. The molecule has 1 saturated heterocycles. The maximum atomic E-state index is 13.2. The molecule has 2 aromatic rings. The standard InChI is InChI=1S/C21H23Cl3N2O5S/c1-12-5-4-6-26(11-12)21(27)13-7-20(16(24)8-14(13)22)32(28,29)25-17-9-15(23)18(30-2)10-19(17)31-3/h7-10,12,25H,4-6,11H2,1-3H3/t12-/m0/s1. The molecule has 1 fully saturated rings. The van der Waals surface area contributed by atoms with Gasteiger partial charge in [-0.05, 0) is 37.0 Å². The smallest absolute Gasteiger partial charge is 0.263 e. The topological polar surface area (TPSA) is 84.9 Å². The number of piperidine rings is 1. The SMILES string of the molecule is COc1cc(OC)c(NS(=O)(=O)c2cc(C(=O)N3CCC[C@H](C)C3)c(Cl)cc2Cl)cc1Cl. The number of sulfonamides is 1. The molecule has 0 aliphatic carbocycles. The maximum Gasteiger partial charge on any atom is 0.263 e. The first-order chi connectivity index (χ1) is 15.1. The predicted molar refractivity (Wildman–Crippen MR) is 126 cm³/mol. The number of hydrogen-bond acceptors (Lipinski definition) is 5. The summed E-state index contributed by atoms with van der Waals surface area (Å²) in [5, 5.41) is 0.148.